The molecule has 1 amide bonds. The third kappa shape index (κ3) is 4.03. The Morgan fingerprint density at radius 1 is 1.33 bits per heavy atom. The van der Waals surface area contributed by atoms with Gasteiger partial charge in [0.2, 0.25) is 5.82 Å². The maximum atomic E-state index is 13.4. The van der Waals surface area contributed by atoms with E-state index in [1.54, 1.807) is 0 Å². The monoisotopic (exact) mass is 420 g/mol. The predicted octanol–water partition coefficient (Wildman–Crippen LogP) is 3.33. The topological polar surface area (TPSA) is 119 Å². The van der Waals surface area contributed by atoms with Crippen molar-refractivity contribution in [2.75, 3.05) is 5.32 Å². The first kappa shape index (κ1) is 20.7. The van der Waals surface area contributed by atoms with E-state index in [4.69, 9.17) is 4.74 Å². The number of nitro benzene ring substituents is 1. The zero-order valence-electron chi connectivity index (χ0n) is 16.7. The largest absolute Gasteiger partial charge is 0.453 e. The second kappa shape index (κ2) is 7.30. The van der Waals surface area contributed by atoms with E-state index in [0.29, 0.717) is 18.3 Å². The minimum absolute atomic E-state index is 0.0410. The fourth-order valence-corrected chi connectivity index (χ4v) is 6.18. The van der Waals surface area contributed by atoms with Crippen LogP contribution >= 0.6 is 0 Å². The van der Waals surface area contributed by atoms with Crippen molar-refractivity contribution in [3.63, 3.8) is 0 Å². The van der Waals surface area contributed by atoms with Crippen LogP contribution in [0.5, 0.6) is 0 Å². The molecule has 0 unspecified atom stereocenters. The molecule has 162 valence electrons. The zero-order valence-corrected chi connectivity index (χ0v) is 16.7. The standard InChI is InChI=1S/C21H25FN2O6/c1-12(19(26)23-15-2-3-16(22)17(5-15)24(28)29)30-18(25)10-20-6-13-4-14(7-20)9-21(27,8-13)11-20/h2-3,5,12-14,27H,4,6-11H2,1H3,(H,23,26)/t12-,13-,14-,20?,21?/m1/s1. The van der Waals surface area contributed by atoms with Gasteiger partial charge in [0.15, 0.2) is 6.10 Å². The van der Waals surface area contributed by atoms with Gasteiger partial charge in [0.05, 0.1) is 16.9 Å². The number of amides is 1. The number of carbonyl (C=O) groups is 2. The number of nitrogens with one attached hydrogen (secondary N) is 1. The lowest BCUT2D eigenvalue weighted by molar-refractivity contribution is -0.387. The maximum Gasteiger partial charge on any atom is 0.307 e. The van der Waals surface area contributed by atoms with Crippen LogP contribution in [0.25, 0.3) is 0 Å². The van der Waals surface area contributed by atoms with Crippen molar-refractivity contribution in [3.05, 3.63) is 34.1 Å². The predicted molar refractivity (Wildman–Crippen MR) is 104 cm³/mol. The second-order valence-electron chi connectivity index (χ2n) is 9.41. The van der Waals surface area contributed by atoms with Gasteiger partial charge in [0.25, 0.3) is 5.91 Å². The number of anilines is 1. The first-order valence-corrected chi connectivity index (χ1v) is 10.2. The van der Waals surface area contributed by atoms with Gasteiger partial charge < -0.3 is 15.2 Å². The van der Waals surface area contributed by atoms with Crippen LogP contribution in [-0.4, -0.2) is 33.6 Å². The van der Waals surface area contributed by atoms with Crippen LogP contribution in [-0.2, 0) is 14.3 Å². The number of halogens is 1. The van der Waals surface area contributed by atoms with Gasteiger partial charge in [-0.05, 0) is 74.8 Å². The van der Waals surface area contributed by atoms with Crippen molar-refractivity contribution in [1.29, 1.82) is 0 Å². The van der Waals surface area contributed by atoms with E-state index in [2.05, 4.69) is 5.32 Å². The van der Waals surface area contributed by atoms with Gasteiger partial charge in [0, 0.05) is 11.8 Å². The number of ether oxygens (including phenoxy) is 1. The van der Waals surface area contributed by atoms with E-state index >= 15 is 0 Å². The molecule has 3 atom stereocenters. The molecule has 4 aliphatic carbocycles. The summed E-state index contributed by atoms with van der Waals surface area (Å²) in [5, 5.41) is 24.0. The number of hydrogen-bond donors (Lipinski definition) is 2. The smallest absolute Gasteiger partial charge is 0.307 e. The van der Waals surface area contributed by atoms with Crippen molar-refractivity contribution < 1.29 is 28.7 Å². The molecule has 0 aromatic heterocycles. The molecule has 2 N–H and O–H groups in total. The van der Waals surface area contributed by atoms with Crippen LogP contribution in [0.15, 0.2) is 18.2 Å². The van der Waals surface area contributed by atoms with Crippen molar-refractivity contribution >= 4 is 23.3 Å². The lowest BCUT2D eigenvalue weighted by Gasteiger charge is -2.60. The molecule has 1 aromatic rings. The van der Waals surface area contributed by atoms with Crippen molar-refractivity contribution in [3.8, 4) is 0 Å². The van der Waals surface area contributed by atoms with Gasteiger partial charge in [-0.15, -0.1) is 0 Å². The lowest BCUT2D eigenvalue weighted by atomic mass is 9.47. The number of aliphatic hydroxyl groups is 1. The summed E-state index contributed by atoms with van der Waals surface area (Å²) in [5.41, 5.74) is -1.65. The molecule has 4 fully saturated rings. The van der Waals surface area contributed by atoms with Crippen LogP contribution in [0.4, 0.5) is 15.8 Å². The Hall–Kier alpha value is -2.55. The molecular formula is C21H25FN2O6. The van der Waals surface area contributed by atoms with Gasteiger partial charge in [-0.2, -0.15) is 4.39 Å². The second-order valence-corrected chi connectivity index (χ2v) is 9.41. The molecule has 0 heterocycles. The highest BCUT2D eigenvalue weighted by atomic mass is 19.1. The molecule has 4 aliphatic rings. The van der Waals surface area contributed by atoms with Crippen LogP contribution in [0.2, 0.25) is 0 Å². The third-order valence-electron chi connectivity index (χ3n) is 6.76. The van der Waals surface area contributed by atoms with Gasteiger partial charge in [-0.3, -0.25) is 19.7 Å². The van der Waals surface area contributed by atoms with E-state index < -0.39 is 40.0 Å². The highest BCUT2D eigenvalue weighted by Crippen LogP contribution is 2.62. The minimum atomic E-state index is -1.11. The average Bonchev–Trinajstić information content (AvgIpc) is 2.60. The quantitative estimate of drug-likeness (QED) is 0.414. The number of nitrogens with zero attached hydrogens (tertiary/aromatic N) is 1. The summed E-state index contributed by atoms with van der Waals surface area (Å²) in [6, 6.07) is 3.00. The SMILES string of the molecule is C[C@@H](OC(=O)CC12C[C@H]3C[C@@H](CC(O)(C3)C1)C2)C(=O)Nc1ccc(F)c([N+](=O)[O-])c1. The van der Waals surface area contributed by atoms with Crippen molar-refractivity contribution in [2.24, 2.45) is 17.3 Å². The fraction of sp³-hybridized carbons (Fsp3) is 0.619. The molecule has 8 nitrogen and oxygen atoms in total. The molecule has 9 heteroatoms. The molecule has 5 rings (SSSR count). The lowest BCUT2D eigenvalue weighted by Crippen LogP contribution is -2.56. The Bertz CT molecular complexity index is 889. The van der Waals surface area contributed by atoms with E-state index in [9.17, 15) is 29.2 Å². The van der Waals surface area contributed by atoms with E-state index in [1.165, 1.54) is 13.0 Å². The van der Waals surface area contributed by atoms with E-state index in [-0.39, 0.29) is 17.5 Å². The van der Waals surface area contributed by atoms with E-state index in [0.717, 1.165) is 44.2 Å². The van der Waals surface area contributed by atoms with Gasteiger partial charge >= 0.3 is 11.7 Å². The summed E-state index contributed by atoms with van der Waals surface area (Å²) >= 11 is 0. The van der Waals surface area contributed by atoms with Crippen molar-refractivity contribution in [1.82, 2.24) is 0 Å². The first-order chi connectivity index (χ1) is 14.1. The number of carbonyl (C=O) groups excluding carboxylic acids is 2. The Morgan fingerprint density at radius 2 is 2.00 bits per heavy atom. The molecule has 0 radical (unpaired) electrons. The normalized spacial score (nSPS) is 32.5. The number of benzene rings is 1. The fourth-order valence-electron chi connectivity index (χ4n) is 6.18. The van der Waals surface area contributed by atoms with Gasteiger partial charge in [-0.25, -0.2) is 0 Å². The molecular weight excluding hydrogens is 395 g/mol. The number of nitro groups is 1. The number of hydrogen-bond acceptors (Lipinski definition) is 6. The Labute approximate surface area is 172 Å². The van der Waals surface area contributed by atoms with Crippen LogP contribution in [0.3, 0.4) is 0 Å². The first-order valence-electron chi connectivity index (χ1n) is 10.2. The molecule has 4 bridgehead atoms. The van der Waals surface area contributed by atoms with Crippen molar-refractivity contribution in [2.45, 2.75) is 63.6 Å². The summed E-state index contributed by atoms with van der Waals surface area (Å²) < 4.78 is 18.7. The summed E-state index contributed by atoms with van der Waals surface area (Å²) in [6.45, 7) is 1.42. The zero-order chi connectivity index (χ0) is 21.7. The Kier molecular flexibility index (Phi) is 5.04. The molecule has 0 saturated heterocycles. The molecule has 1 aromatic carbocycles. The Morgan fingerprint density at radius 3 is 2.60 bits per heavy atom. The third-order valence-corrected chi connectivity index (χ3v) is 6.76. The number of rotatable bonds is 6. The summed E-state index contributed by atoms with van der Waals surface area (Å²) in [6.07, 6.45) is 4.19. The summed E-state index contributed by atoms with van der Waals surface area (Å²) in [5.74, 6) is -1.27. The minimum Gasteiger partial charge on any atom is -0.453 e. The molecule has 4 saturated carbocycles. The van der Waals surface area contributed by atoms with Crippen LogP contribution in [0.1, 0.15) is 51.9 Å². The summed E-state index contributed by atoms with van der Waals surface area (Å²) in [4.78, 5) is 34.8. The highest BCUT2D eigenvalue weighted by Gasteiger charge is 2.57. The van der Waals surface area contributed by atoms with Gasteiger partial charge in [-0.1, -0.05) is 0 Å². The van der Waals surface area contributed by atoms with E-state index in [1.807, 2.05) is 0 Å². The van der Waals surface area contributed by atoms with Crippen LogP contribution in [0, 0.1) is 33.2 Å². The average molecular weight is 420 g/mol. The maximum absolute atomic E-state index is 13.4. The molecule has 0 spiro atoms. The van der Waals surface area contributed by atoms with Gasteiger partial charge in [0.1, 0.15) is 0 Å². The molecule has 30 heavy (non-hydrogen) atoms. The highest BCUT2D eigenvalue weighted by molar-refractivity contribution is 5.95. The Balaban J connectivity index is 1.35. The molecule has 0 aliphatic heterocycles. The van der Waals surface area contributed by atoms with Crippen LogP contribution < -0.4 is 5.32 Å². The summed E-state index contributed by atoms with van der Waals surface area (Å²) in [7, 11) is 0. The number of esters is 1.